The number of anilines is 1. The third-order valence-corrected chi connectivity index (χ3v) is 3.01. The highest BCUT2D eigenvalue weighted by molar-refractivity contribution is 6.32. The Balaban J connectivity index is 2.09. The summed E-state index contributed by atoms with van der Waals surface area (Å²) in [5.41, 5.74) is 5.67. The summed E-state index contributed by atoms with van der Waals surface area (Å²) in [5.74, 6) is -0.177. The number of halogens is 1. The highest BCUT2D eigenvalue weighted by Crippen LogP contribution is 2.30. The van der Waals surface area contributed by atoms with Gasteiger partial charge < -0.3 is 11.1 Å². The highest BCUT2D eigenvalue weighted by atomic mass is 35.5. The van der Waals surface area contributed by atoms with E-state index in [1.54, 1.807) is 18.3 Å². The van der Waals surface area contributed by atoms with Crippen LogP contribution in [0, 0.1) is 0 Å². The van der Waals surface area contributed by atoms with Crippen molar-refractivity contribution in [3.05, 3.63) is 23.5 Å². The van der Waals surface area contributed by atoms with Crippen LogP contribution in [0.2, 0.25) is 5.15 Å². The molecule has 1 aliphatic rings. The van der Waals surface area contributed by atoms with Crippen molar-refractivity contribution in [2.24, 2.45) is 5.73 Å². The number of nitrogens with one attached hydrogen (secondary N) is 1. The number of carbonyl (C=O) groups excluding carboxylic acids is 1. The second-order valence-corrected chi connectivity index (χ2v) is 4.16. The lowest BCUT2D eigenvalue weighted by Gasteiger charge is -2.36. The van der Waals surface area contributed by atoms with Gasteiger partial charge in [0.25, 0.3) is 0 Å². The molecule has 4 nitrogen and oxygen atoms in total. The minimum atomic E-state index is -0.709. The van der Waals surface area contributed by atoms with Gasteiger partial charge >= 0.3 is 0 Å². The number of nitrogens with two attached hydrogens (primary N) is 1. The third-order valence-electron chi connectivity index (χ3n) is 2.71. The standard InChI is InChI=1S/C10H12ClN3O/c11-8-7(3-1-6-13-8)14-9(15)10(12)4-2-5-10/h1,3,6H,2,4-5,12H2,(H,14,15). The van der Waals surface area contributed by atoms with Crippen LogP contribution >= 0.6 is 11.6 Å². The van der Waals surface area contributed by atoms with Gasteiger partial charge in [0, 0.05) is 6.20 Å². The largest absolute Gasteiger partial charge is 0.322 e. The van der Waals surface area contributed by atoms with Crippen LogP contribution in [0.25, 0.3) is 0 Å². The predicted octanol–water partition coefficient (Wildman–Crippen LogP) is 1.55. The second-order valence-electron chi connectivity index (χ2n) is 3.81. The van der Waals surface area contributed by atoms with E-state index in [0.717, 1.165) is 19.3 Å². The topological polar surface area (TPSA) is 68.0 Å². The van der Waals surface area contributed by atoms with Gasteiger partial charge in [-0.3, -0.25) is 4.79 Å². The van der Waals surface area contributed by atoms with Crippen molar-refractivity contribution in [1.82, 2.24) is 4.98 Å². The molecular formula is C10H12ClN3O. The number of amides is 1. The molecule has 3 N–H and O–H groups in total. The number of hydrogen-bond donors (Lipinski definition) is 2. The molecule has 1 aliphatic carbocycles. The van der Waals surface area contributed by atoms with E-state index in [1.165, 1.54) is 0 Å². The summed E-state index contributed by atoms with van der Waals surface area (Å²) < 4.78 is 0. The molecule has 0 aromatic carbocycles. The quantitative estimate of drug-likeness (QED) is 0.751. The first-order valence-corrected chi connectivity index (χ1v) is 5.20. The highest BCUT2D eigenvalue weighted by Gasteiger charge is 2.40. The molecule has 0 saturated heterocycles. The first-order valence-electron chi connectivity index (χ1n) is 4.83. The van der Waals surface area contributed by atoms with Crippen molar-refractivity contribution in [2.45, 2.75) is 24.8 Å². The first kappa shape index (κ1) is 10.4. The molecule has 5 heteroatoms. The normalized spacial score (nSPS) is 18.0. The minimum Gasteiger partial charge on any atom is -0.322 e. The Hall–Kier alpha value is -1.13. The van der Waals surface area contributed by atoms with Gasteiger partial charge in [0.05, 0.1) is 11.2 Å². The number of hydrogen-bond acceptors (Lipinski definition) is 3. The van der Waals surface area contributed by atoms with Gasteiger partial charge in [-0.2, -0.15) is 0 Å². The number of pyridine rings is 1. The SMILES string of the molecule is NC1(C(=O)Nc2cccnc2Cl)CCC1. The summed E-state index contributed by atoms with van der Waals surface area (Å²) in [4.78, 5) is 15.6. The number of nitrogens with zero attached hydrogens (tertiary/aromatic N) is 1. The number of rotatable bonds is 2. The fourth-order valence-corrected chi connectivity index (χ4v) is 1.68. The summed E-state index contributed by atoms with van der Waals surface area (Å²) in [6, 6.07) is 3.42. The smallest absolute Gasteiger partial charge is 0.244 e. The van der Waals surface area contributed by atoms with Crippen LogP contribution in [-0.4, -0.2) is 16.4 Å². The van der Waals surface area contributed by atoms with Crippen LogP contribution < -0.4 is 11.1 Å². The summed E-state index contributed by atoms with van der Waals surface area (Å²) >= 11 is 5.81. The van der Waals surface area contributed by atoms with Gasteiger partial charge in [0.1, 0.15) is 0 Å². The van der Waals surface area contributed by atoms with E-state index in [1.807, 2.05) is 0 Å². The van der Waals surface area contributed by atoms with Gasteiger partial charge in [-0.15, -0.1) is 0 Å². The fourth-order valence-electron chi connectivity index (χ4n) is 1.51. The van der Waals surface area contributed by atoms with Crippen LogP contribution in [0.1, 0.15) is 19.3 Å². The molecule has 2 rings (SSSR count). The third kappa shape index (κ3) is 1.96. The maximum atomic E-state index is 11.7. The van der Waals surface area contributed by atoms with Gasteiger partial charge in [-0.1, -0.05) is 11.6 Å². The van der Waals surface area contributed by atoms with Crippen LogP contribution in [0.15, 0.2) is 18.3 Å². The van der Waals surface area contributed by atoms with Gasteiger partial charge in [-0.05, 0) is 31.4 Å². The molecule has 0 unspecified atom stereocenters. The molecule has 1 aromatic rings. The van der Waals surface area contributed by atoms with Crippen molar-refractivity contribution in [2.75, 3.05) is 5.32 Å². The van der Waals surface area contributed by atoms with E-state index in [0.29, 0.717) is 5.69 Å². The molecule has 1 saturated carbocycles. The van der Waals surface area contributed by atoms with E-state index in [4.69, 9.17) is 17.3 Å². The van der Waals surface area contributed by atoms with Crippen molar-refractivity contribution in [3.63, 3.8) is 0 Å². The Labute approximate surface area is 92.8 Å². The molecule has 0 spiro atoms. The molecule has 0 bridgehead atoms. The zero-order chi connectivity index (χ0) is 10.9. The number of aromatic nitrogens is 1. The van der Waals surface area contributed by atoms with Crippen molar-refractivity contribution in [1.29, 1.82) is 0 Å². The Kier molecular flexibility index (Phi) is 2.63. The van der Waals surface area contributed by atoms with Crippen LogP contribution in [0.5, 0.6) is 0 Å². The van der Waals surface area contributed by atoms with Gasteiger partial charge in [0.2, 0.25) is 5.91 Å². The first-order chi connectivity index (χ1) is 7.12. The molecular weight excluding hydrogens is 214 g/mol. The maximum absolute atomic E-state index is 11.7. The lowest BCUT2D eigenvalue weighted by Crippen LogP contribution is -2.56. The van der Waals surface area contributed by atoms with Crippen LogP contribution in [0.4, 0.5) is 5.69 Å². The fraction of sp³-hybridized carbons (Fsp3) is 0.400. The molecule has 80 valence electrons. The molecule has 0 aliphatic heterocycles. The molecule has 0 radical (unpaired) electrons. The second kappa shape index (κ2) is 3.79. The monoisotopic (exact) mass is 225 g/mol. The summed E-state index contributed by atoms with van der Waals surface area (Å²) in [5, 5.41) is 2.98. The minimum absolute atomic E-state index is 0.177. The molecule has 0 atom stereocenters. The zero-order valence-corrected chi connectivity index (χ0v) is 8.92. The lowest BCUT2D eigenvalue weighted by molar-refractivity contribution is -0.123. The van der Waals surface area contributed by atoms with Crippen molar-refractivity contribution >= 4 is 23.2 Å². The Bertz CT molecular complexity index is 390. The van der Waals surface area contributed by atoms with E-state index in [9.17, 15) is 4.79 Å². The Morgan fingerprint density at radius 3 is 2.87 bits per heavy atom. The van der Waals surface area contributed by atoms with Gasteiger partial charge in [-0.25, -0.2) is 4.98 Å². The Morgan fingerprint density at radius 1 is 1.60 bits per heavy atom. The lowest BCUT2D eigenvalue weighted by atomic mass is 9.77. The van der Waals surface area contributed by atoms with Gasteiger partial charge in [0.15, 0.2) is 5.15 Å². The molecule has 1 amide bonds. The molecule has 1 heterocycles. The summed E-state index contributed by atoms with van der Waals surface area (Å²) in [7, 11) is 0. The summed E-state index contributed by atoms with van der Waals surface area (Å²) in [6.07, 6.45) is 4.04. The molecule has 1 aromatic heterocycles. The predicted molar refractivity (Wildman–Crippen MR) is 58.6 cm³/mol. The Morgan fingerprint density at radius 2 is 2.33 bits per heavy atom. The average molecular weight is 226 g/mol. The van der Waals surface area contributed by atoms with Crippen LogP contribution in [0.3, 0.4) is 0 Å². The summed E-state index contributed by atoms with van der Waals surface area (Å²) in [6.45, 7) is 0. The van der Waals surface area contributed by atoms with E-state index in [-0.39, 0.29) is 11.1 Å². The van der Waals surface area contributed by atoms with E-state index in [2.05, 4.69) is 10.3 Å². The number of carbonyl (C=O) groups is 1. The van der Waals surface area contributed by atoms with E-state index >= 15 is 0 Å². The zero-order valence-electron chi connectivity index (χ0n) is 8.16. The average Bonchev–Trinajstić information content (AvgIpc) is 2.18. The molecule has 1 fully saturated rings. The molecule has 15 heavy (non-hydrogen) atoms. The maximum Gasteiger partial charge on any atom is 0.244 e. The van der Waals surface area contributed by atoms with Crippen molar-refractivity contribution < 1.29 is 4.79 Å². The van der Waals surface area contributed by atoms with E-state index < -0.39 is 5.54 Å². The van der Waals surface area contributed by atoms with Crippen LogP contribution in [-0.2, 0) is 4.79 Å². The van der Waals surface area contributed by atoms with Crippen molar-refractivity contribution in [3.8, 4) is 0 Å².